The first kappa shape index (κ1) is 6.20. The highest BCUT2D eigenvalue weighted by Gasteiger charge is 1.89. The van der Waals surface area contributed by atoms with Crippen molar-refractivity contribution in [1.82, 2.24) is 10.9 Å². The molecule has 2 N–H and O–H groups in total. The summed E-state index contributed by atoms with van der Waals surface area (Å²) in [6.45, 7) is 2.14. The number of urea groups is 1. The Balaban J connectivity index is 3.00. The van der Waals surface area contributed by atoms with Gasteiger partial charge in [0.15, 0.2) is 0 Å². The lowest BCUT2D eigenvalue weighted by Crippen LogP contribution is -2.29. The average molecular weight is 106 g/mol. The minimum Gasteiger partial charge on any atom is -0.336 e. The Kier molecular flexibility index (Phi) is 3.00. The van der Waals surface area contributed by atoms with Crippen molar-refractivity contribution in [1.29, 1.82) is 0 Å². The topological polar surface area (TPSA) is 41.1 Å². The van der Waals surface area contributed by atoms with Gasteiger partial charge in [0.25, 0.3) is 0 Å². The van der Waals surface area contributed by atoms with Crippen LogP contribution in [0.1, 0.15) is 6.92 Å². The summed E-state index contributed by atoms with van der Waals surface area (Å²) in [5.74, 6) is 0. The Morgan fingerprint density at radius 3 is 2.57 bits per heavy atom. The zero-order valence-corrected chi connectivity index (χ0v) is 3.99. The molecule has 0 radical (unpaired) electrons. The summed E-state index contributed by atoms with van der Waals surface area (Å²) in [5.41, 5.74) is 0.916. The van der Waals surface area contributed by atoms with Crippen LogP contribution >= 0.6 is 0 Å². The Morgan fingerprint density at radius 2 is 2.43 bits per heavy atom. The summed E-state index contributed by atoms with van der Waals surface area (Å²) in [6, 6.07) is -0.789. The average Bonchev–Trinajstić information content (AvgIpc) is 1.68. The molecule has 0 rings (SSSR count). The molecule has 0 aromatic rings. The van der Waals surface area contributed by atoms with E-state index in [1.807, 2.05) is 0 Å². The minimum atomic E-state index is -0.789. The van der Waals surface area contributed by atoms with Gasteiger partial charge < -0.3 is 5.32 Å². The summed E-state index contributed by atoms with van der Waals surface area (Å²) in [5, 5.41) is 2.17. The summed E-state index contributed by atoms with van der Waals surface area (Å²) in [4.78, 5) is 9.81. The molecule has 42 valence electrons. The SMILES string of the molecule is CCNC(=O)NF. The molecule has 0 unspecified atom stereocenters. The third kappa shape index (κ3) is 3.02. The first-order valence-corrected chi connectivity index (χ1v) is 1.95. The lowest BCUT2D eigenvalue weighted by molar-refractivity contribution is 0.218. The van der Waals surface area contributed by atoms with E-state index in [1.54, 1.807) is 6.92 Å². The highest BCUT2D eigenvalue weighted by molar-refractivity contribution is 5.72. The Bertz CT molecular complexity index is 66.0. The monoisotopic (exact) mass is 106 g/mol. The fourth-order valence-corrected chi connectivity index (χ4v) is 0.194. The molecule has 0 aromatic heterocycles. The van der Waals surface area contributed by atoms with Crippen LogP contribution < -0.4 is 10.9 Å². The molecule has 0 aromatic carbocycles. The molecule has 7 heavy (non-hydrogen) atoms. The maximum atomic E-state index is 10.9. The smallest absolute Gasteiger partial charge is 0.336 e. The molecular formula is C3H7FN2O. The lowest BCUT2D eigenvalue weighted by atomic mass is 10.7. The van der Waals surface area contributed by atoms with Crippen molar-refractivity contribution in [3.8, 4) is 0 Å². The molecule has 0 aliphatic heterocycles. The summed E-state index contributed by atoms with van der Waals surface area (Å²) in [7, 11) is 0. The zero-order chi connectivity index (χ0) is 5.70. The van der Waals surface area contributed by atoms with Crippen molar-refractivity contribution in [2.24, 2.45) is 0 Å². The van der Waals surface area contributed by atoms with Gasteiger partial charge in [0.1, 0.15) is 0 Å². The molecular weight excluding hydrogens is 99.0 g/mol. The zero-order valence-electron chi connectivity index (χ0n) is 3.99. The molecule has 0 bridgehead atoms. The van der Waals surface area contributed by atoms with E-state index >= 15 is 0 Å². The van der Waals surface area contributed by atoms with Crippen molar-refractivity contribution in [2.75, 3.05) is 6.54 Å². The summed E-state index contributed by atoms with van der Waals surface area (Å²) in [6.07, 6.45) is 0. The first-order valence-electron chi connectivity index (χ1n) is 1.95. The van der Waals surface area contributed by atoms with Crippen molar-refractivity contribution < 1.29 is 9.28 Å². The minimum absolute atomic E-state index is 0.440. The second-order valence-corrected chi connectivity index (χ2v) is 0.954. The van der Waals surface area contributed by atoms with Crippen LogP contribution in [0.2, 0.25) is 0 Å². The van der Waals surface area contributed by atoms with E-state index in [1.165, 1.54) is 0 Å². The normalized spacial score (nSPS) is 7.71. The van der Waals surface area contributed by atoms with E-state index in [0.717, 1.165) is 5.54 Å². The molecule has 0 spiro atoms. The number of rotatable bonds is 1. The molecule has 2 amide bonds. The second kappa shape index (κ2) is 3.39. The van der Waals surface area contributed by atoms with Gasteiger partial charge in [0.2, 0.25) is 0 Å². The standard InChI is InChI=1S/C3H7FN2O/c1-2-5-3(7)6-4/h2H2,1H3,(H2,5,6,7). The summed E-state index contributed by atoms with van der Waals surface area (Å²) < 4.78 is 10.9. The van der Waals surface area contributed by atoms with Crippen LogP contribution in [-0.4, -0.2) is 12.6 Å². The van der Waals surface area contributed by atoms with Crippen LogP contribution in [0, 0.1) is 0 Å². The van der Waals surface area contributed by atoms with Crippen molar-refractivity contribution in [3.05, 3.63) is 0 Å². The van der Waals surface area contributed by atoms with E-state index in [4.69, 9.17) is 0 Å². The maximum absolute atomic E-state index is 10.9. The molecule has 3 nitrogen and oxygen atoms in total. The molecule has 0 saturated heterocycles. The molecule has 0 aliphatic carbocycles. The quantitative estimate of drug-likeness (QED) is 0.460. The van der Waals surface area contributed by atoms with Gasteiger partial charge in [-0.15, -0.1) is 0 Å². The largest absolute Gasteiger partial charge is 0.342 e. The second-order valence-electron chi connectivity index (χ2n) is 0.954. The van der Waals surface area contributed by atoms with Crippen molar-refractivity contribution >= 4 is 6.03 Å². The van der Waals surface area contributed by atoms with Crippen LogP contribution in [0.25, 0.3) is 0 Å². The van der Waals surface area contributed by atoms with Gasteiger partial charge in [-0.3, -0.25) is 0 Å². The summed E-state index contributed by atoms with van der Waals surface area (Å²) >= 11 is 0. The van der Waals surface area contributed by atoms with E-state index in [9.17, 15) is 9.28 Å². The molecule has 0 saturated carbocycles. The van der Waals surface area contributed by atoms with Crippen LogP contribution in [0.4, 0.5) is 9.28 Å². The van der Waals surface area contributed by atoms with E-state index < -0.39 is 6.03 Å². The number of carbonyl (C=O) groups excluding carboxylic acids is 1. The Morgan fingerprint density at radius 1 is 1.86 bits per heavy atom. The Labute approximate surface area is 40.8 Å². The van der Waals surface area contributed by atoms with Gasteiger partial charge >= 0.3 is 6.03 Å². The van der Waals surface area contributed by atoms with Gasteiger partial charge in [0, 0.05) is 6.54 Å². The van der Waals surface area contributed by atoms with Crippen LogP contribution in [0.15, 0.2) is 0 Å². The van der Waals surface area contributed by atoms with E-state index in [2.05, 4.69) is 5.32 Å². The number of amides is 2. The van der Waals surface area contributed by atoms with Crippen LogP contribution in [0.3, 0.4) is 0 Å². The Hall–Kier alpha value is -0.800. The van der Waals surface area contributed by atoms with Crippen LogP contribution in [-0.2, 0) is 0 Å². The molecule has 0 fully saturated rings. The fourth-order valence-electron chi connectivity index (χ4n) is 0.194. The number of hydrogen-bond donors (Lipinski definition) is 2. The third-order valence-corrected chi connectivity index (χ3v) is 0.423. The lowest BCUT2D eigenvalue weighted by Gasteiger charge is -1.92. The number of carbonyl (C=O) groups is 1. The van der Waals surface area contributed by atoms with Gasteiger partial charge in [-0.2, -0.15) is 5.54 Å². The van der Waals surface area contributed by atoms with Crippen LogP contribution in [0.5, 0.6) is 0 Å². The van der Waals surface area contributed by atoms with Gasteiger partial charge in [0.05, 0.1) is 0 Å². The predicted molar refractivity (Wildman–Crippen MR) is 23.3 cm³/mol. The van der Waals surface area contributed by atoms with Gasteiger partial charge in [-0.1, -0.05) is 4.48 Å². The van der Waals surface area contributed by atoms with Crippen molar-refractivity contribution in [3.63, 3.8) is 0 Å². The van der Waals surface area contributed by atoms with Gasteiger partial charge in [-0.25, -0.2) is 4.79 Å². The fraction of sp³-hybridized carbons (Fsp3) is 0.667. The van der Waals surface area contributed by atoms with Gasteiger partial charge in [-0.05, 0) is 6.92 Å². The highest BCUT2D eigenvalue weighted by Crippen LogP contribution is 1.59. The number of halogens is 1. The number of nitrogens with one attached hydrogen (secondary N) is 2. The molecule has 4 heteroatoms. The third-order valence-electron chi connectivity index (χ3n) is 0.423. The highest BCUT2D eigenvalue weighted by atomic mass is 19.2. The molecule has 0 atom stereocenters. The molecule has 0 heterocycles. The number of hydrogen-bond acceptors (Lipinski definition) is 1. The maximum Gasteiger partial charge on any atom is 0.342 e. The predicted octanol–water partition coefficient (Wildman–Crippen LogP) is 0.190. The van der Waals surface area contributed by atoms with E-state index in [-0.39, 0.29) is 0 Å². The first-order chi connectivity index (χ1) is 3.31. The van der Waals surface area contributed by atoms with E-state index in [0.29, 0.717) is 6.54 Å². The molecule has 0 aliphatic rings. The van der Waals surface area contributed by atoms with Crippen molar-refractivity contribution in [2.45, 2.75) is 6.92 Å².